The lowest BCUT2D eigenvalue weighted by atomic mass is 9.75. The van der Waals surface area contributed by atoms with Gasteiger partial charge in [0.15, 0.2) is 0 Å². The molecule has 0 aromatic heterocycles. The zero-order chi connectivity index (χ0) is 31.9. The van der Waals surface area contributed by atoms with Crippen molar-refractivity contribution >= 4 is 40.9 Å². The fourth-order valence-electron chi connectivity index (χ4n) is 6.41. The van der Waals surface area contributed by atoms with E-state index in [0.29, 0.717) is 34.1 Å². The highest BCUT2D eigenvalue weighted by Gasteiger charge is 2.43. The molecule has 0 amide bonds. The van der Waals surface area contributed by atoms with Crippen molar-refractivity contribution in [1.82, 2.24) is 9.80 Å². The topological polar surface area (TPSA) is 71.4 Å². The van der Waals surface area contributed by atoms with Crippen LogP contribution < -0.4 is 0 Å². The maximum atomic E-state index is 13.7. The van der Waals surface area contributed by atoms with Gasteiger partial charge in [0.25, 0.3) is 0 Å². The molecule has 0 bridgehead atoms. The third kappa shape index (κ3) is 7.50. The lowest BCUT2D eigenvalue weighted by Gasteiger charge is -2.39. The van der Waals surface area contributed by atoms with E-state index < -0.39 is 23.8 Å². The van der Waals surface area contributed by atoms with Gasteiger partial charge in [-0.05, 0) is 43.5 Å². The van der Waals surface area contributed by atoms with Gasteiger partial charge in [-0.15, -0.1) is 0 Å². The third-order valence-corrected chi connectivity index (χ3v) is 9.38. The number of piperazine rings is 1. The minimum Gasteiger partial charge on any atom is -0.465 e. The van der Waals surface area contributed by atoms with Crippen molar-refractivity contribution in [2.24, 2.45) is 10.9 Å². The Morgan fingerprint density at radius 3 is 2.09 bits per heavy atom. The number of esters is 2. The maximum absolute atomic E-state index is 13.7. The first-order valence-corrected chi connectivity index (χ1v) is 16.2. The molecule has 0 N–H and O–H groups in total. The van der Waals surface area contributed by atoms with E-state index in [2.05, 4.69) is 63.3 Å². The zero-order valence-corrected chi connectivity index (χ0v) is 27.4. The van der Waals surface area contributed by atoms with Gasteiger partial charge in [0, 0.05) is 50.1 Å². The van der Waals surface area contributed by atoms with Gasteiger partial charge in [0.2, 0.25) is 0 Å². The second kappa shape index (κ2) is 15.2. The molecular weight excluding hydrogens is 609 g/mol. The molecule has 0 radical (unpaired) electrons. The summed E-state index contributed by atoms with van der Waals surface area (Å²) in [7, 11) is 0. The molecule has 45 heavy (non-hydrogen) atoms. The van der Waals surface area contributed by atoms with Crippen molar-refractivity contribution in [3.05, 3.63) is 117 Å². The molecular formula is C36H39Cl2N3O4. The summed E-state index contributed by atoms with van der Waals surface area (Å²) in [5.41, 5.74) is 4.43. The SMILES string of the molecule is CCOC(=O)C1C(C)=NC(C)=C(C(=O)OCCN2CCN(C(c3ccccc3)c3ccccc3)CC2)C1c1cccc(Cl)c1Cl. The van der Waals surface area contributed by atoms with Crippen LogP contribution in [0.4, 0.5) is 0 Å². The standard InChI is InChI=1S/C36H39Cl2N3O4/c1-4-44-35(42)30-24(2)39-25(3)31(32(30)28-16-11-17-29(37)33(28)38)36(43)45-23-22-40-18-20-41(21-19-40)34(26-12-7-5-8-13-26)27-14-9-6-10-15-27/h5-17,30,32,34H,4,18-23H2,1-3H3. The first kappa shape index (κ1) is 32.9. The van der Waals surface area contributed by atoms with Gasteiger partial charge in [-0.1, -0.05) is 96.0 Å². The Morgan fingerprint density at radius 1 is 0.867 bits per heavy atom. The molecule has 9 heteroatoms. The molecule has 0 aliphatic carbocycles. The smallest absolute Gasteiger partial charge is 0.336 e. The number of nitrogens with zero attached hydrogens (tertiary/aromatic N) is 3. The van der Waals surface area contributed by atoms with Gasteiger partial charge >= 0.3 is 11.9 Å². The Bertz CT molecular complexity index is 1510. The largest absolute Gasteiger partial charge is 0.465 e. The number of hydrogen-bond acceptors (Lipinski definition) is 7. The van der Waals surface area contributed by atoms with Crippen LogP contribution in [0.3, 0.4) is 0 Å². The molecule has 5 rings (SSSR count). The summed E-state index contributed by atoms with van der Waals surface area (Å²) in [6, 6.07) is 26.6. The molecule has 236 valence electrons. The number of carbonyl (C=O) groups is 2. The maximum Gasteiger partial charge on any atom is 0.336 e. The average Bonchev–Trinajstić information content (AvgIpc) is 3.04. The fourth-order valence-corrected chi connectivity index (χ4v) is 6.84. The minimum atomic E-state index is -0.831. The van der Waals surface area contributed by atoms with Crippen LogP contribution in [-0.4, -0.2) is 73.4 Å². The molecule has 0 spiro atoms. The molecule has 2 atom stereocenters. The van der Waals surface area contributed by atoms with Gasteiger partial charge in [0.05, 0.1) is 28.3 Å². The van der Waals surface area contributed by atoms with Crippen LogP contribution >= 0.6 is 23.2 Å². The van der Waals surface area contributed by atoms with E-state index in [1.165, 1.54) is 11.1 Å². The highest BCUT2D eigenvalue weighted by molar-refractivity contribution is 6.42. The minimum absolute atomic E-state index is 0.181. The van der Waals surface area contributed by atoms with Crippen LogP contribution in [0.1, 0.15) is 49.4 Å². The summed E-state index contributed by atoms with van der Waals surface area (Å²) in [6.07, 6.45) is 0. The second-order valence-corrected chi connectivity index (χ2v) is 12.1. The molecule has 3 aromatic rings. The highest BCUT2D eigenvalue weighted by Crippen LogP contribution is 2.44. The first-order chi connectivity index (χ1) is 21.8. The van der Waals surface area contributed by atoms with Crippen LogP contribution in [0.25, 0.3) is 0 Å². The van der Waals surface area contributed by atoms with Crippen LogP contribution in [0.2, 0.25) is 10.0 Å². The Hall–Kier alpha value is -3.49. The summed E-state index contributed by atoms with van der Waals surface area (Å²) >= 11 is 13.0. The van der Waals surface area contributed by atoms with Crippen molar-refractivity contribution in [2.45, 2.75) is 32.7 Å². The van der Waals surface area contributed by atoms with Crippen molar-refractivity contribution in [2.75, 3.05) is 45.9 Å². The Kier molecular flexibility index (Phi) is 11.1. The number of rotatable bonds is 10. The molecule has 2 heterocycles. The molecule has 7 nitrogen and oxygen atoms in total. The lowest BCUT2D eigenvalue weighted by Crippen LogP contribution is -2.48. The van der Waals surface area contributed by atoms with Gasteiger partial charge in [-0.25, -0.2) is 4.79 Å². The summed E-state index contributed by atoms with van der Waals surface area (Å²) in [4.78, 5) is 36.3. The monoisotopic (exact) mass is 647 g/mol. The Morgan fingerprint density at radius 2 is 1.49 bits per heavy atom. The fraction of sp³-hybridized carbons (Fsp3) is 0.361. The molecule has 2 aliphatic heterocycles. The number of aliphatic imine (C=N–C) groups is 1. The molecule has 1 fully saturated rings. The summed E-state index contributed by atoms with van der Waals surface area (Å²) in [6.45, 7) is 9.74. The number of benzene rings is 3. The molecule has 2 aliphatic rings. The van der Waals surface area contributed by atoms with E-state index in [9.17, 15) is 9.59 Å². The summed E-state index contributed by atoms with van der Waals surface area (Å²) < 4.78 is 11.3. The van der Waals surface area contributed by atoms with Crippen LogP contribution in [-0.2, 0) is 19.1 Å². The molecule has 3 aromatic carbocycles. The van der Waals surface area contributed by atoms with E-state index in [-0.39, 0.29) is 24.3 Å². The average molecular weight is 649 g/mol. The van der Waals surface area contributed by atoms with Crippen molar-refractivity contribution in [3.63, 3.8) is 0 Å². The summed E-state index contributed by atoms with van der Waals surface area (Å²) in [5, 5.41) is 0.622. The van der Waals surface area contributed by atoms with Crippen molar-refractivity contribution < 1.29 is 19.1 Å². The van der Waals surface area contributed by atoms with Gasteiger partial charge in [-0.3, -0.25) is 19.6 Å². The van der Waals surface area contributed by atoms with E-state index in [4.69, 9.17) is 32.7 Å². The number of halogens is 2. The normalized spacial score (nSPS) is 19.4. The van der Waals surface area contributed by atoms with Gasteiger partial charge in [0.1, 0.15) is 12.5 Å². The number of allylic oxidation sites excluding steroid dienone is 1. The quantitative estimate of drug-likeness (QED) is 0.222. The van der Waals surface area contributed by atoms with Crippen LogP contribution in [0.15, 0.2) is 95.1 Å². The van der Waals surface area contributed by atoms with E-state index in [1.54, 1.807) is 39.0 Å². The molecule has 2 unspecified atom stereocenters. The number of carbonyl (C=O) groups excluding carboxylic acids is 2. The third-order valence-electron chi connectivity index (χ3n) is 8.55. The van der Waals surface area contributed by atoms with E-state index in [1.807, 2.05) is 12.1 Å². The Balaban J connectivity index is 1.26. The second-order valence-electron chi connectivity index (χ2n) is 11.3. The van der Waals surface area contributed by atoms with E-state index in [0.717, 1.165) is 26.2 Å². The van der Waals surface area contributed by atoms with Crippen molar-refractivity contribution in [3.8, 4) is 0 Å². The highest BCUT2D eigenvalue weighted by atomic mass is 35.5. The summed E-state index contributed by atoms with van der Waals surface area (Å²) in [5.74, 6) is -2.56. The number of hydrogen-bond donors (Lipinski definition) is 0. The van der Waals surface area contributed by atoms with Crippen molar-refractivity contribution in [1.29, 1.82) is 0 Å². The van der Waals surface area contributed by atoms with Gasteiger partial charge < -0.3 is 9.47 Å². The molecule has 0 saturated carbocycles. The Labute approximate surface area is 275 Å². The predicted octanol–water partition coefficient (Wildman–Crippen LogP) is 6.96. The lowest BCUT2D eigenvalue weighted by molar-refractivity contribution is -0.146. The molecule has 1 saturated heterocycles. The first-order valence-electron chi connectivity index (χ1n) is 15.4. The van der Waals surface area contributed by atoms with Crippen LogP contribution in [0.5, 0.6) is 0 Å². The van der Waals surface area contributed by atoms with Gasteiger partial charge in [-0.2, -0.15) is 0 Å². The number of ether oxygens (including phenoxy) is 2. The van der Waals surface area contributed by atoms with Crippen LogP contribution in [0, 0.1) is 5.92 Å². The van der Waals surface area contributed by atoms with E-state index >= 15 is 0 Å². The zero-order valence-electron chi connectivity index (χ0n) is 25.9. The predicted molar refractivity (Wildman–Crippen MR) is 179 cm³/mol.